The fourth-order valence-corrected chi connectivity index (χ4v) is 4.62. The second-order valence-electron chi connectivity index (χ2n) is 6.98. The Morgan fingerprint density at radius 2 is 2.00 bits per heavy atom. The molecule has 4 rings (SSSR count). The van der Waals surface area contributed by atoms with E-state index < -0.39 is 10.8 Å². The third-order valence-corrected chi connectivity index (χ3v) is 6.13. The summed E-state index contributed by atoms with van der Waals surface area (Å²) < 4.78 is 13.7. The zero-order chi connectivity index (χ0) is 21.3. The maximum Gasteiger partial charge on any atom is 0.294 e. The van der Waals surface area contributed by atoms with E-state index in [1.807, 2.05) is 12.1 Å². The van der Waals surface area contributed by atoms with E-state index in [-0.39, 0.29) is 23.6 Å². The van der Waals surface area contributed by atoms with Crippen molar-refractivity contribution in [1.82, 2.24) is 0 Å². The molecule has 0 fully saturated rings. The summed E-state index contributed by atoms with van der Waals surface area (Å²) in [5, 5.41) is 14.3. The number of hydrogen-bond acceptors (Lipinski definition) is 5. The molecule has 0 aliphatic carbocycles. The predicted molar refractivity (Wildman–Crippen MR) is 116 cm³/mol. The normalized spacial score (nSPS) is 12.7. The number of rotatable bonds is 6. The van der Waals surface area contributed by atoms with Crippen molar-refractivity contribution >= 4 is 45.9 Å². The SMILES string of the molecule is O=C(Cc1ccc(F)cc1)Nc1cc2c(cc1[N+](=O)[O-])N(Cc1ccc(Cl)s1)CC2. The number of nitrogens with one attached hydrogen (secondary N) is 1. The Kier molecular flexibility index (Phi) is 5.69. The number of nitrogens with zero attached hydrogens (tertiary/aromatic N) is 2. The van der Waals surface area contributed by atoms with E-state index in [1.54, 1.807) is 6.07 Å². The summed E-state index contributed by atoms with van der Waals surface area (Å²) >= 11 is 7.48. The lowest BCUT2D eigenvalue weighted by atomic mass is 10.1. The average Bonchev–Trinajstić information content (AvgIpc) is 3.29. The molecule has 0 bridgehead atoms. The molecule has 0 saturated carbocycles. The van der Waals surface area contributed by atoms with Gasteiger partial charge in [-0.1, -0.05) is 23.7 Å². The Morgan fingerprint density at radius 3 is 2.67 bits per heavy atom. The van der Waals surface area contributed by atoms with E-state index >= 15 is 0 Å². The van der Waals surface area contributed by atoms with Crippen LogP contribution in [0.4, 0.5) is 21.5 Å². The summed E-state index contributed by atoms with van der Waals surface area (Å²) in [5.74, 6) is -0.782. The van der Waals surface area contributed by atoms with Crippen LogP contribution in [0.25, 0.3) is 0 Å². The summed E-state index contributed by atoms with van der Waals surface area (Å²) in [6, 6.07) is 12.6. The molecule has 1 aliphatic rings. The first kappa shape index (κ1) is 20.3. The van der Waals surface area contributed by atoms with Crippen LogP contribution in [0.15, 0.2) is 48.5 Å². The van der Waals surface area contributed by atoms with E-state index in [0.29, 0.717) is 16.4 Å². The Labute approximate surface area is 181 Å². The highest BCUT2D eigenvalue weighted by molar-refractivity contribution is 7.16. The van der Waals surface area contributed by atoms with Gasteiger partial charge in [0.05, 0.1) is 22.2 Å². The number of thiophene rings is 1. The largest absolute Gasteiger partial charge is 0.366 e. The molecular formula is C21H17ClFN3O3S. The van der Waals surface area contributed by atoms with Crippen molar-refractivity contribution in [3.63, 3.8) is 0 Å². The van der Waals surface area contributed by atoms with Crippen LogP contribution in [0.1, 0.15) is 16.0 Å². The van der Waals surface area contributed by atoms with E-state index in [4.69, 9.17) is 11.6 Å². The monoisotopic (exact) mass is 445 g/mol. The van der Waals surface area contributed by atoms with Gasteiger partial charge in [0.25, 0.3) is 5.69 Å². The molecule has 1 aromatic heterocycles. The number of fused-ring (bicyclic) bond motifs is 1. The number of amides is 1. The van der Waals surface area contributed by atoms with Gasteiger partial charge in [-0.05, 0) is 47.9 Å². The molecule has 3 aromatic rings. The van der Waals surface area contributed by atoms with Crippen molar-refractivity contribution in [1.29, 1.82) is 0 Å². The number of carbonyl (C=O) groups is 1. The molecule has 1 amide bonds. The highest BCUT2D eigenvalue weighted by Gasteiger charge is 2.26. The van der Waals surface area contributed by atoms with Crippen molar-refractivity contribution in [3.8, 4) is 0 Å². The second-order valence-corrected chi connectivity index (χ2v) is 8.78. The second kappa shape index (κ2) is 8.41. The lowest BCUT2D eigenvalue weighted by Crippen LogP contribution is -2.19. The van der Waals surface area contributed by atoms with Crippen LogP contribution >= 0.6 is 22.9 Å². The van der Waals surface area contributed by atoms with Crippen LogP contribution in [-0.2, 0) is 24.2 Å². The van der Waals surface area contributed by atoms with Crippen molar-refractivity contribution < 1.29 is 14.1 Å². The molecule has 154 valence electrons. The van der Waals surface area contributed by atoms with Crippen molar-refractivity contribution in [2.45, 2.75) is 19.4 Å². The van der Waals surface area contributed by atoms with Crippen LogP contribution in [0.3, 0.4) is 0 Å². The molecule has 0 unspecified atom stereocenters. The molecule has 9 heteroatoms. The van der Waals surface area contributed by atoms with Gasteiger partial charge in [0, 0.05) is 23.2 Å². The van der Waals surface area contributed by atoms with Gasteiger partial charge in [-0.3, -0.25) is 14.9 Å². The number of benzene rings is 2. The van der Waals surface area contributed by atoms with Gasteiger partial charge in [0.15, 0.2) is 0 Å². The van der Waals surface area contributed by atoms with Crippen molar-refractivity contribution in [2.24, 2.45) is 0 Å². The summed E-state index contributed by atoms with van der Waals surface area (Å²) in [5.41, 5.74) is 2.38. The van der Waals surface area contributed by atoms with Gasteiger partial charge in [0.2, 0.25) is 5.91 Å². The molecule has 2 heterocycles. The maximum absolute atomic E-state index is 13.0. The lowest BCUT2D eigenvalue weighted by molar-refractivity contribution is -0.383. The molecule has 1 N–H and O–H groups in total. The molecule has 0 saturated heterocycles. The third-order valence-electron chi connectivity index (χ3n) is 4.91. The fourth-order valence-electron chi connectivity index (χ4n) is 3.51. The third kappa shape index (κ3) is 4.44. The van der Waals surface area contributed by atoms with Crippen LogP contribution in [0, 0.1) is 15.9 Å². The van der Waals surface area contributed by atoms with E-state index in [9.17, 15) is 19.3 Å². The lowest BCUT2D eigenvalue weighted by Gasteiger charge is -2.19. The Morgan fingerprint density at radius 1 is 1.23 bits per heavy atom. The van der Waals surface area contributed by atoms with E-state index in [2.05, 4.69) is 10.2 Å². The maximum atomic E-state index is 13.0. The van der Waals surface area contributed by atoms with Crippen molar-refractivity contribution in [2.75, 3.05) is 16.8 Å². The van der Waals surface area contributed by atoms with Crippen LogP contribution in [-0.4, -0.2) is 17.4 Å². The van der Waals surface area contributed by atoms with Gasteiger partial charge >= 0.3 is 0 Å². The number of anilines is 2. The molecule has 6 nitrogen and oxygen atoms in total. The Bertz CT molecular complexity index is 1120. The molecule has 2 aromatic carbocycles. The molecule has 30 heavy (non-hydrogen) atoms. The number of hydrogen-bond donors (Lipinski definition) is 1. The average molecular weight is 446 g/mol. The zero-order valence-corrected chi connectivity index (χ0v) is 17.3. The first-order chi connectivity index (χ1) is 14.4. The number of halogens is 2. The highest BCUT2D eigenvalue weighted by Crippen LogP contribution is 2.38. The summed E-state index contributed by atoms with van der Waals surface area (Å²) in [6.07, 6.45) is 0.729. The van der Waals surface area contributed by atoms with Crippen LogP contribution < -0.4 is 10.2 Å². The minimum atomic E-state index is -0.494. The van der Waals surface area contributed by atoms with Gasteiger partial charge in [0.1, 0.15) is 11.5 Å². The summed E-state index contributed by atoms with van der Waals surface area (Å²) in [6.45, 7) is 1.35. The molecular weight excluding hydrogens is 429 g/mol. The Hall–Kier alpha value is -2.97. The summed E-state index contributed by atoms with van der Waals surface area (Å²) in [4.78, 5) is 26.7. The van der Waals surface area contributed by atoms with Crippen molar-refractivity contribution in [3.05, 3.63) is 84.8 Å². The summed E-state index contributed by atoms with van der Waals surface area (Å²) in [7, 11) is 0. The van der Waals surface area contributed by atoms with Gasteiger partial charge < -0.3 is 10.2 Å². The smallest absolute Gasteiger partial charge is 0.294 e. The number of nitro benzene ring substituents is 1. The molecule has 0 atom stereocenters. The predicted octanol–water partition coefficient (Wildman–Crippen LogP) is 5.19. The fraction of sp³-hybridized carbons (Fsp3) is 0.190. The first-order valence-corrected chi connectivity index (χ1v) is 10.4. The quantitative estimate of drug-likeness (QED) is 0.418. The number of carbonyl (C=O) groups excluding carboxylic acids is 1. The number of nitro groups is 1. The van der Waals surface area contributed by atoms with Crippen LogP contribution in [0.5, 0.6) is 0 Å². The van der Waals surface area contributed by atoms with Crippen LogP contribution in [0.2, 0.25) is 4.34 Å². The van der Waals surface area contributed by atoms with Gasteiger partial charge in [-0.15, -0.1) is 11.3 Å². The molecule has 1 aliphatic heterocycles. The zero-order valence-electron chi connectivity index (χ0n) is 15.7. The van der Waals surface area contributed by atoms with E-state index in [1.165, 1.54) is 41.7 Å². The highest BCUT2D eigenvalue weighted by atomic mass is 35.5. The molecule has 0 spiro atoms. The van der Waals surface area contributed by atoms with Gasteiger partial charge in [-0.25, -0.2) is 4.39 Å². The van der Waals surface area contributed by atoms with Gasteiger partial charge in [-0.2, -0.15) is 0 Å². The standard InChI is InChI=1S/C21H17ClFN3O3S/c22-20-6-5-16(30-20)12-25-8-7-14-10-17(19(26(28)29)11-18(14)25)24-21(27)9-13-1-3-15(23)4-2-13/h1-6,10-11H,7-9,12H2,(H,24,27). The van der Waals surface area contributed by atoms with E-state index in [0.717, 1.165) is 29.1 Å². The Balaban J connectivity index is 1.55. The minimum absolute atomic E-state index is 0.000217. The molecule has 0 radical (unpaired) electrons. The minimum Gasteiger partial charge on any atom is -0.366 e. The first-order valence-electron chi connectivity index (χ1n) is 9.24. The topological polar surface area (TPSA) is 75.5 Å².